The van der Waals surface area contributed by atoms with Gasteiger partial charge in [-0.2, -0.15) is 16.7 Å². The highest BCUT2D eigenvalue weighted by molar-refractivity contribution is 7.98. The quantitative estimate of drug-likeness (QED) is 0.854. The first kappa shape index (κ1) is 13.8. The Balaban J connectivity index is 1.83. The number of methoxy groups -OCH3 is 1. The summed E-state index contributed by atoms with van der Waals surface area (Å²) in [5.74, 6) is 4.12. The maximum absolute atomic E-state index is 5.31. The third-order valence-electron chi connectivity index (χ3n) is 2.89. The smallest absolute Gasteiger partial charge is 0.243 e. The average molecular weight is 271 g/mol. The van der Waals surface area contributed by atoms with Gasteiger partial charge >= 0.3 is 0 Å². The summed E-state index contributed by atoms with van der Waals surface area (Å²) in [6.07, 6.45) is 1.15. The van der Waals surface area contributed by atoms with Gasteiger partial charge in [-0.25, -0.2) is 0 Å². The summed E-state index contributed by atoms with van der Waals surface area (Å²) in [6, 6.07) is 0.145. The van der Waals surface area contributed by atoms with Crippen molar-refractivity contribution < 1.29 is 9.26 Å². The van der Waals surface area contributed by atoms with Gasteiger partial charge in [0.15, 0.2) is 5.82 Å². The van der Waals surface area contributed by atoms with Gasteiger partial charge in [0.05, 0.1) is 17.9 Å². The highest BCUT2D eigenvalue weighted by Crippen LogP contribution is 2.24. The van der Waals surface area contributed by atoms with E-state index in [1.165, 1.54) is 0 Å². The van der Waals surface area contributed by atoms with E-state index < -0.39 is 0 Å². The minimum absolute atomic E-state index is 0.145. The van der Waals surface area contributed by atoms with Crippen LogP contribution in [0.2, 0.25) is 0 Å². The SMILES string of the molecule is COC1CNC(c2nc(CSCC(C)C)no2)C1. The van der Waals surface area contributed by atoms with Gasteiger partial charge in [-0.15, -0.1) is 0 Å². The Kier molecular flexibility index (Phi) is 5.03. The number of ether oxygens (including phenoxy) is 1. The molecule has 1 aliphatic rings. The lowest BCUT2D eigenvalue weighted by Gasteiger charge is -2.04. The summed E-state index contributed by atoms with van der Waals surface area (Å²) in [7, 11) is 1.73. The van der Waals surface area contributed by atoms with Gasteiger partial charge in [0.1, 0.15) is 0 Å². The van der Waals surface area contributed by atoms with Crippen LogP contribution in [0.1, 0.15) is 38.0 Å². The fourth-order valence-corrected chi connectivity index (χ4v) is 2.81. The fraction of sp³-hybridized carbons (Fsp3) is 0.833. The largest absolute Gasteiger partial charge is 0.380 e. The molecular formula is C12H21N3O2S. The van der Waals surface area contributed by atoms with Gasteiger partial charge in [-0.1, -0.05) is 19.0 Å². The van der Waals surface area contributed by atoms with Crippen LogP contribution in [0.5, 0.6) is 0 Å². The molecule has 1 aliphatic heterocycles. The van der Waals surface area contributed by atoms with E-state index in [2.05, 4.69) is 29.3 Å². The van der Waals surface area contributed by atoms with E-state index in [-0.39, 0.29) is 12.1 Å². The second-order valence-corrected chi connectivity index (χ2v) is 6.04. The van der Waals surface area contributed by atoms with Gasteiger partial charge in [0, 0.05) is 13.7 Å². The van der Waals surface area contributed by atoms with Crippen LogP contribution in [0.15, 0.2) is 4.52 Å². The minimum atomic E-state index is 0.145. The number of hydrogen-bond donors (Lipinski definition) is 1. The van der Waals surface area contributed by atoms with Gasteiger partial charge in [-0.3, -0.25) is 0 Å². The summed E-state index contributed by atoms with van der Waals surface area (Å²) in [5.41, 5.74) is 0. The summed E-state index contributed by atoms with van der Waals surface area (Å²) in [6.45, 7) is 5.27. The van der Waals surface area contributed by atoms with Crippen LogP contribution < -0.4 is 5.32 Å². The van der Waals surface area contributed by atoms with E-state index in [0.717, 1.165) is 30.3 Å². The molecule has 1 aromatic rings. The topological polar surface area (TPSA) is 60.2 Å². The molecule has 0 aromatic carbocycles. The molecule has 0 saturated carbocycles. The molecule has 0 radical (unpaired) electrons. The molecule has 1 fully saturated rings. The number of nitrogens with one attached hydrogen (secondary N) is 1. The Bertz CT molecular complexity index is 370. The van der Waals surface area contributed by atoms with Crippen molar-refractivity contribution in [2.24, 2.45) is 5.92 Å². The molecule has 1 saturated heterocycles. The number of hydrogen-bond acceptors (Lipinski definition) is 6. The summed E-state index contributed by atoms with van der Waals surface area (Å²) < 4.78 is 10.6. The van der Waals surface area contributed by atoms with Crippen molar-refractivity contribution in [3.63, 3.8) is 0 Å². The molecule has 0 spiro atoms. The van der Waals surface area contributed by atoms with Crippen LogP contribution in [0, 0.1) is 5.92 Å². The van der Waals surface area contributed by atoms with Crippen molar-refractivity contribution in [1.82, 2.24) is 15.5 Å². The average Bonchev–Trinajstić information content (AvgIpc) is 2.95. The van der Waals surface area contributed by atoms with Gasteiger partial charge in [-0.05, 0) is 18.1 Å². The predicted molar refractivity (Wildman–Crippen MR) is 71.5 cm³/mol. The maximum atomic E-state index is 5.31. The van der Waals surface area contributed by atoms with Crippen molar-refractivity contribution in [1.29, 1.82) is 0 Å². The molecule has 2 atom stereocenters. The molecule has 102 valence electrons. The molecule has 0 aliphatic carbocycles. The monoisotopic (exact) mass is 271 g/mol. The molecule has 1 aromatic heterocycles. The number of rotatable bonds is 6. The molecule has 6 heteroatoms. The highest BCUT2D eigenvalue weighted by Gasteiger charge is 2.29. The van der Waals surface area contributed by atoms with E-state index in [4.69, 9.17) is 9.26 Å². The first-order valence-electron chi connectivity index (χ1n) is 6.35. The molecule has 5 nitrogen and oxygen atoms in total. The Hall–Kier alpha value is -0.590. The van der Waals surface area contributed by atoms with E-state index in [1.807, 2.05) is 11.8 Å². The van der Waals surface area contributed by atoms with Crippen LogP contribution in [-0.2, 0) is 10.5 Å². The lowest BCUT2D eigenvalue weighted by Crippen LogP contribution is -2.16. The Morgan fingerprint density at radius 1 is 1.56 bits per heavy atom. The van der Waals surface area contributed by atoms with E-state index in [9.17, 15) is 0 Å². The molecule has 18 heavy (non-hydrogen) atoms. The Morgan fingerprint density at radius 2 is 2.39 bits per heavy atom. The summed E-state index contributed by atoms with van der Waals surface area (Å²) in [4.78, 5) is 4.44. The highest BCUT2D eigenvalue weighted by atomic mass is 32.2. The molecular weight excluding hydrogens is 250 g/mol. The lowest BCUT2D eigenvalue weighted by molar-refractivity contribution is 0.116. The van der Waals surface area contributed by atoms with Crippen LogP contribution >= 0.6 is 11.8 Å². The van der Waals surface area contributed by atoms with Crippen molar-refractivity contribution in [3.05, 3.63) is 11.7 Å². The van der Waals surface area contributed by atoms with Crippen LogP contribution in [0.3, 0.4) is 0 Å². The minimum Gasteiger partial charge on any atom is -0.380 e. The molecule has 0 bridgehead atoms. The van der Waals surface area contributed by atoms with Crippen molar-refractivity contribution in [3.8, 4) is 0 Å². The van der Waals surface area contributed by atoms with Gasteiger partial charge in [0.25, 0.3) is 0 Å². The molecule has 0 amide bonds. The standard InChI is InChI=1S/C12H21N3O2S/c1-8(2)6-18-7-11-14-12(17-15-11)10-4-9(16-3)5-13-10/h8-10,13H,4-7H2,1-3H3. The lowest BCUT2D eigenvalue weighted by atomic mass is 10.2. The van der Waals surface area contributed by atoms with Gasteiger partial charge in [0.2, 0.25) is 5.89 Å². The summed E-state index contributed by atoms with van der Waals surface area (Å²) >= 11 is 1.85. The van der Waals surface area contributed by atoms with E-state index in [0.29, 0.717) is 11.8 Å². The first-order valence-corrected chi connectivity index (χ1v) is 7.51. The zero-order chi connectivity index (χ0) is 13.0. The first-order chi connectivity index (χ1) is 8.69. The van der Waals surface area contributed by atoms with Crippen LogP contribution in [-0.4, -0.2) is 35.7 Å². The van der Waals surface area contributed by atoms with E-state index >= 15 is 0 Å². The molecule has 2 heterocycles. The number of nitrogens with zero attached hydrogens (tertiary/aromatic N) is 2. The Morgan fingerprint density at radius 3 is 3.06 bits per heavy atom. The molecule has 1 N–H and O–H groups in total. The zero-order valence-corrected chi connectivity index (χ0v) is 12.0. The normalized spacial score (nSPS) is 24.0. The van der Waals surface area contributed by atoms with E-state index in [1.54, 1.807) is 7.11 Å². The second-order valence-electron chi connectivity index (χ2n) is 5.01. The van der Waals surface area contributed by atoms with Crippen molar-refractivity contribution in [2.75, 3.05) is 19.4 Å². The molecule has 2 rings (SSSR count). The third kappa shape index (κ3) is 3.70. The predicted octanol–water partition coefficient (Wildman–Crippen LogP) is 2.01. The summed E-state index contributed by atoms with van der Waals surface area (Å²) in [5, 5.41) is 7.35. The third-order valence-corrected chi connectivity index (χ3v) is 4.25. The zero-order valence-electron chi connectivity index (χ0n) is 11.2. The van der Waals surface area contributed by atoms with Crippen LogP contribution in [0.25, 0.3) is 0 Å². The fourth-order valence-electron chi connectivity index (χ4n) is 1.92. The maximum Gasteiger partial charge on any atom is 0.243 e. The Labute approximate surface area is 112 Å². The number of thioether (sulfide) groups is 1. The van der Waals surface area contributed by atoms with Crippen molar-refractivity contribution in [2.45, 2.75) is 38.2 Å². The second kappa shape index (κ2) is 6.54. The number of aromatic nitrogens is 2. The van der Waals surface area contributed by atoms with Gasteiger partial charge < -0.3 is 14.6 Å². The molecule has 2 unspecified atom stereocenters. The van der Waals surface area contributed by atoms with Crippen molar-refractivity contribution >= 4 is 11.8 Å². The van der Waals surface area contributed by atoms with Crippen LogP contribution in [0.4, 0.5) is 0 Å².